The van der Waals surface area contributed by atoms with Crippen molar-refractivity contribution in [2.24, 2.45) is 5.41 Å². The van der Waals surface area contributed by atoms with Gasteiger partial charge in [-0.25, -0.2) is 9.97 Å². The summed E-state index contributed by atoms with van der Waals surface area (Å²) in [4.78, 5) is 28.1. The van der Waals surface area contributed by atoms with Crippen LogP contribution in [0.25, 0.3) is 11.4 Å². The van der Waals surface area contributed by atoms with Crippen LogP contribution in [0.5, 0.6) is 0 Å². The number of rotatable bonds is 6. The average molecular weight is 425 g/mol. The number of hydrogen-bond acceptors (Lipinski definition) is 4. The molecule has 3 aromatic rings. The Morgan fingerprint density at radius 1 is 1.06 bits per heavy atom. The highest BCUT2D eigenvalue weighted by molar-refractivity contribution is 5.99. The van der Waals surface area contributed by atoms with Crippen molar-refractivity contribution in [3.8, 4) is 11.4 Å². The Morgan fingerprint density at radius 3 is 2.53 bits per heavy atom. The Kier molecular flexibility index (Phi) is 6.55. The minimum absolute atomic E-state index is 0.00308. The summed E-state index contributed by atoms with van der Waals surface area (Å²) in [5, 5.41) is 0. The van der Waals surface area contributed by atoms with Crippen LogP contribution in [0, 0.1) is 5.41 Å². The first-order chi connectivity index (χ1) is 15.6. The van der Waals surface area contributed by atoms with Crippen LogP contribution in [0.1, 0.15) is 35.7 Å². The van der Waals surface area contributed by atoms with Gasteiger partial charge in [0.25, 0.3) is 5.91 Å². The molecule has 0 N–H and O–H groups in total. The second-order valence-electron chi connectivity index (χ2n) is 8.25. The van der Waals surface area contributed by atoms with Gasteiger partial charge in [0.15, 0.2) is 0 Å². The van der Waals surface area contributed by atoms with Gasteiger partial charge in [-0.3, -0.25) is 9.78 Å². The van der Waals surface area contributed by atoms with Crippen LogP contribution in [0.4, 0.5) is 0 Å². The van der Waals surface area contributed by atoms with E-state index in [1.54, 1.807) is 24.5 Å². The minimum atomic E-state index is -0.0466. The van der Waals surface area contributed by atoms with Crippen LogP contribution in [-0.4, -0.2) is 38.8 Å². The maximum absolute atomic E-state index is 13.5. The summed E-state index contributed by atoms with van der Waals surface area (Å²) in [5.41, 5.74) is 4.22. The van der Waals surface area contributed by atoms with Crippen molar-refractivity contribution in [3.05, 3.63) is 103 Å². The van der Waals surface area contributed by atoms with Crippen molar-refractivity contribution in [2.45, 2.75) is 26.2 Å². The molecule has 162 valence electrons. The number of hydrogen-bond donors (Lipinski definition) is 0. The number of carbonyl (C=O) groups excluding carboxylic acids is 1. The molecule has 0 bridgehead atoms. The fraction of sp³-hybridized carbons (Fsp3) is 0.259. The highest BCUT2D eigenvalue weighted by atomic mass is 16.2. The summed E-state index contributed by atoms with van der Waals surface area (Å²) in [7, 11) is 0. The lowest BCUT2D eigenvalue weighted by Gasteiger charge is -2.43. The van der Waals surface area contributed by atoms with E-state index in [1.165, 1.54) is 11.9 Å². The van der Waals surface area contributed by atoms with Gasteiger partial charge in [-0.1, -0.05) is 49.1 Å². The molecule has 3 heterocycles. The summed E-state index contributed by atoms with van der Waals surface area (Å²) in [5.74, 6) is -0.00308. The number of likely N-dealkylation sites (tertiary alicyclic amines) is 1. The molecule has 0 atom stereocenters. The summed E-state index contributed by atoms with van der Waals surface area (Å²) in [6, 6.07) is 16.0. The van der Waals surface area contributed by atoms with E-state index in [9.17, 15) is 4.79 Å². The van der Waals surface area contributed by atoms with Crippen molar-refractivity contribution in [2.75, 3.05) is 13.1 Å². The lowest BCUT2D eigenvalue weighted by molar-refractivity contribution is 0.0632. The minimum Gasteiger partial charge on any atom is -0.339 e. The molecule has 0 saturated carbocycles. The molecule has 1 fully saturated rings. The van der Waals surface area contributed by atoms with E-state index in [4.69, 9.17) is 0 Å². The Bertz CT molecular complexity index is 1100. The van der Waals surface area contributed by atoms with E-state index in [0.717, 1.165) is 24.8 Å². The Balaban J connectivity index is 1.56. The van der Waals surface area contributed by atoms with Crippen molar-refractivity contribution in [1.82, 2.24) is 19.9 Å². The van der Waals surface area contributed by atoms with Crippen LogP contribution >= 0.6 is 0 Å². The van der Waals surface area contributed by atoms with Gasteiger partial charge in [-0.2, -0.15) is 0 Å². The fourth-order valence-corrected chi connectivity index (χ4v) is 4.50. The predicted octanol–water partition coefficient (Wildman–Crippen LogP) is 5.14. The molecule has 1 aliphatic rings. The van der Waals surface area contributed by atoms with Crippen molar-refractivity contribution < 1.29 is 4.79 Å². The second kappa shape index (κ2) is 9.69. The molecular formula is C27H28N4O. The van der Waals surface area contributed by atoms with Gasteiger partial charge in [0, 0.05) is 30.9 Å². The zero-order valence-electron chi connectivity index (χ0n) is 18.4. The largest absolute Gasteiger partial charge is 0.339 e. The molecule has 1 saturated heterocycles. The first-order valence-electron chi connectivity index (χ1n) is 11.0. The highest BCUT2D eigenvalue weighted by Gasteiger charge is 2.38. The molecular weight excluding hydrogens is 396 g/mol. The number of amides is 1. The van der Waals surface area contributed by atoms with Crippen molar-refractivity contribution in [3.63, 3.8) is 0 Å². The molecule has 4 rings (SSSR count). The van der Waals surface area contributed by atoms with E-state index >= 15 is 0 Å². The Labute approximate surface area is 189 Å². The summed E-state index contributed by atoms with van der Waals surface area (Å²) in [6.07, 6.45) is 11.7. The number of carbonyl (C=O) groups is 1. The number of pyridine rings is 1. The lowest BCUT2D eigenvalue weighted by Crippen LogP contribution is -2.44. The smallest absolute Gasteiger partial charge is 0.256 e. The van der Waals surface area contributed by atoms with E-state index < -0.39 is 0 Å². The average Bonchev–Trinajstić information content (AvgIpc) is 2.85. The van der Waals surface area contributed by atoms with Crippen LogP contribution in [0.2, 0.25) is 0 Å². The number of piperidine rings is 1. The summed E-state index contributed by atoms with van der Waals surface area (Å²) in [6.45, 7) is 7.79. The zero-order chi connectivity index (χ0) is 22.4. The fourth-order valence-electron chi connectivity index (χ4n) is 4.50. The summed E-state index contributed by atoms with van der Waals surface area (Å²) >= 11 is 0. The normalized spacial score (nSPS) is 15.6. The van der Waals surface area contributed by atoms with Crippen molar-refractivity contribution in [1.29, 1.82) is 0 Å². The van der Waals surface area contributed by atoms with E-state index in [0.29, 0.717) is 30.0 Å². The maximum atomic E-state index is 13.5. The molecule has 1 aromatic carbocycles. The Morgan fingerprint density at radius 2 is 1.84 bits per heavy atom. The van der Waals surface area contributed by atoms with Crippen LogP contribution < -0.4 is 0 Å². The third-order valence-electron chi connectivity index (χ3n) is 6.30. The molecule has 0 radical (unpaired) electrons. The van der Waals surface area contributed by atoms with Gasteiger partial charge in [-0.15, -0.1) is 0 Å². The third-order valence-corrected chi connectivity index (χ3v) is 6.30. The molecule has 1 aliphatic heterocycles. The zero-order valence-corrected chi connectivity index (χ0v) is 18.4. The molecule has 0 unspecified atom stereocenters. The Hall–Kier alpha value is -3.60. The topological polar surface area (TPSA) is 59.0 Å². The van der Waals surface area contributed by atoms with Gasteiger partial charge in [0.2, 0.25) is 0 Å². The van der Waals surface area contributed by atoms with Gasteiger partial charge in [0.05, 0.1) is 11.3 Å². The van der Waals surface area contributed by atoms with Crippen LogP contribution in [0.15, 0.2) is 91.6 Å². The monoisotopic (exact) mass is 424 g/mol. The highest BCUT2D eigenvalue weighted by Crippen LogP contribution is 2.42. The molecule has 1 amide bonds. The van der Waals surface area contributed by atoms with Crippen LogP contribution in [0.3, 0.4) is 0 Å². The number of allylic oxidation sites excluding steroid dienone is 3. The number of nitrogens with zero attached hydrogens (tertiary/aromatic N) is 4. The van der Waals surface area contributed by atoms with E-state index in [-0.39, 0.29) is 11.3 Å². The van der Waals surface area contributed by atoms with Gasteiger partial charge in [0.1, 0.15) is 12.0 Å². The first kappa shape index (κ1) is 21.6. The lowest BCUT2D eigenvalue weighted by atomic mass is 9.69. The molecule has 0 aliphatic carbocycles. The number of aromatic nitrogens is 3. The van der Waals surface area contributed by atoms with E-state index in [1.807, 2.05) is 24.0 Å². The van der Waals surface area contributed by atoms with Crippen molar-refractivity contribution >= 4 is 5.91 Å². The van der Waals surface area contributed by atoms with Gasteiger partial charge >= 0.3 is 0 Å². The standard InChI is InChI=1S/C27H28N4O/c1-3-8-21(2)27(19-22-9-5-4-6-10-22)13-17-31(18-14-27)26(32)23-11-7-15-29-25(23)24-12-16-28-20-30-24/h3-12,15-16,20H,2,13-14,17-19H2,1H3/b8-3+. The molecule has 5 heteroatoms. The second-order valence-corrected chi connectivity index (χ2v) is 8.25. The molecule has 32 heavy (non-hydrogen) atoms. The summed E-state index contributed by atoms with van der Waals surface area (Å²) < 4.78 is 0. The third kappa shape index (κ3) is 4.52. The maximum Gasteiger partial charge on any atom is 0.256 e. The molecule has 0 spiro atoms. The quantitative estimate of drug-likeness (QED) is 0.514. The van der Waals surface area contributed by atoms with Gasteiger partial charge in [-0.05, 0) is 55.5 Å². The SMILES string of the molecule is C=C(/C=C/C)C1(Cc2ccccc2)CCN(C(=O)c2cccnc2-c2ccncn2)CC1. The van der Waals surface area contributed by atoms with Crippen LogP contribution in [-0.2, 0) is 6.42 Å². The van der Waals surface area contributed by atoms with Gasteiger partial charge < -0.3 is 4.90 Å². The van der Waals surface area contributed by atoms with E-state index in [2.05, 4.69) is 57.9 Å². The molecule has 5 nitrogen and oxygen atoms in total. The molecule has 2 aromatic heterocycles. The first-order valence-corrected chi connectivity index (χ1v) is 11.0. The number of benzene rings is 1. The predicted molar refractivity (Wildman–Crippen MR) is 127 cm³/mol.